The van der Waals surface area contributed by atoms with Crippen LogP contribution in [0.15, 0.2) is 47.6 Å². The monoisotopic (exact) mass is 383 g/mol. The molecule has 0 aliphatic heterocycles. The lowest BCUT2D eigenvalue weighted by Crippen LogP contribution is -2.23. The van der Waals surface area contributed by atoms with E-state index in [1.807, 2.05) is 50.2 Å². The fourth-order valence-electron chi connectivity index (χ4n) is 2.43. The van der Waals surface area contributed by atoms with Crippen LogP contribution in [0, 0.1) is 13.8 Å². The van der Waals surface area contributed by atoms with Crippen molar-refractivity contribution in [3.63, 3.8) is 0 Å². The number of carbonyl (C=O) groups excluding carboxylic acids is 1. The third-order valence-electron chi connectivity index (χ3n) is 4.16. The fraction of sp³-hybridized carbons (Fsp3) is 0.263. The summed E-state index contributed by atoms with van der Waals surface area (Å²) < 4.78 is 6.82. The van der Waals surface area contributed by atoms with E-state index in [9.17, 15) is 4.79 Å². The van der Waals surface area contributed by atoms with Crippen molar-refractivity contribution in [3.8, 4) is 11.4 Å². The quantitative estimate of drug-likeness (QED) is 0.657. The lowest BCUT2D eigenvalue weighted by Gasteiger charge is -2.12. The number of hydrogen-bond acceptors (Lipinski definition) is 6. The van der Waals surface area contributed by atoms with Crippen LogP contribution in [0.2, 0.25) is 0 Å². The van der Waals surface area contributed by atoms with Crippen molar-refractivity contribution in [3.05, 3.63) is 53.6 Å². The van der Waals surface area contributed by atoms with Crippen LogP contribution < -0.4 is 10.1 Å². The first-order valence-electron chi connectivity index (χ1n) is 8.45. The second kappa shape index (κ2) is 8.22. The summed E-state index contributed by atoms with van der Waals surface area (Å²) in [5.41, 5.74) is 3.90. The number of hydrogen-bond donors (Lipinski definition) is 1. The molecule has 3 aromatic rings. The molecule has 0 bridgehead atoms. The van der Waals surface area contributed by atoms with Crippen LogP contribution >= 0.6 is 11.8 Å². The Morgan fingerprint density at radius 3 is 2.74 bits per heavy atom. The summed E-state index contributed by atoms with van der Waals surface area (Å²) >= 11 is 1.30. The molecule has 0 spiro atoms. The van der Waals surface area contributed by atoms with Crippen molar-refractivity contribution in [2.24, 2.45) is 0 Å². The minimum Gasteiger partial charge on any atom is -0.497 e. The zero-order valence-corrected chi connectivity index (χ0v) is 16.4. The van der Waals surface area contributed by atoms with Crippen molar-refractivity contribution in [2.45, 2.75) is 31.2 Å². The van der Waals surface area contributed by atoms with E-state index in [2.05, 4.69) is 27.8 Å². The molecule has 2 aromatic carbocycles. The van der Waals surface area contributed by atoms with Crippen molar-refractivity contribution < 1.29 is 9.53 Å². The lowest BCUT2D eigenvalue weighted by atomic mass is 10.1. The number of ether oxygens (including phenoxy) is 1. The maximum atomic E-state index is 12.5. The first kappa shape index (κ1) is 18.9. The van der Waals surface area contributed by atoms with E-state index >= 15 is 0 Å². The number of rotatable bonds is 6. The predicted molar refractivity (Wildman–Crippen MR) is 106 cm³/mol. The summed E-state index contributed by atoms with van der Waals surface area (Å²) in [5.74, 6) is 0.551. The SMILES string of the molecule is COc1cccc(NC(=O)[C@H](C)Sc2nnnn2-c2ccc(C)c(C)c2)c1. The Bertz CT molecular complexity index is 957. The van der Waals surface area contributed by atoms with Gasteiger partial charge in [-0.1, -0.05) is 23.9 Å². The summed E-state index contributed by atoms with van der Waals surface area (Å²) in [4.78, 5) is 12.5. The zero-order chi connectivity index (χ0) is 19.4. The van der Waals surface area contributed by atoms with Gasteiger partial charge in [0.05, 0.1) is 18.0 Å². The third-order valence-corrected chi connectivity index (χ3v) is 5.20. The molecule has 0 unspecified atom stereocenters. The Hall–Kier alpha value is -2.87. The Morgan fingerprint density at radius 2 is 2.00 bits per heavy atom. The van der Waals surface area contributed by atoms with Crippen LogP contribution in [0.3, 0.4) is 0 Å². The number of amides is 1. The van der Waals surface area contributed by atoms with Gasteiger partial charge in [0.1, 0.15) is 5.75 Å². The molecule has 1 atom stereocenters. The van der Waals surface area contributed by atoms with E-state index in [4.69, 9.17) is 4.74 Å². The first-order chi connectivity index (χ1) is 13.0. The van der Waals surface area contributed by atoms with Gasteiger partial charge < -0.3 is 10.1 Å². The van der Waals surface area contributed by atoms with E-state index in [-0.39, 0.29) is 11.2 Å². The standard InChI is InChI=1S/C19H21N5O2S/c1-12-8-9-16(10-13(12)2)24-19(21-22-23-24)27-14(3)18(25)20-15-6-5-7-17(11-15)26-4/h5-11,14H,1-4H3,(H,20,25)/t14-/m0/s1. The van der Waals surface area contributed by atoms with Gasteiger partial charge in [0.15, 0.2) is 0 Å². The Balaban J connectivity index is 1.72. The number of nitrogens with one attached hydrogen (secondary N) is 1. The summed E-state index contributed by atoms with van der Waals surface area (Å²) in [6.07, 6.45) is 0. The maximum absolute atomic E-state index is 12.5. The Kier molecular flexibility index (Phi) is 5.75. The summed E-state index contributed by atoms with van der Waals surface area (Å²) in [6, 6.07) is 13.3. The van der Waals surface area contributed by atoms with Gasteiger partial charge in [-0.2, -0.15) is 4.68 Å². The molecule has 1 N–H and O–H groups in total. The third kappa shape index (κ3) is 4.46. The van der Waals surface area contributed by atoms with E-state index in [0.29, 0.717) is 16.6 Å². The largest absolute Gasteiger partial charge is 0.497 e. The molecule has 27 heavy (non-hydrogen) atoms. The highest BCUT2D eigenvalue weighted by Gasteiger charge is 2.19. The van der Waals surface area contributed by atoms with Crippen LogP contribution in [0.1, 0.15) is 18.1 Å². The minimum atomic E-state index is -0.382. The van der Waals surface area contributed by atoms with Crippen LogP contribution in [-0.2, 0) is 4.79 Å². The van der Waals surface area contributed by atoms with Crippen LogP contribution in [0.5, 0.6) is 5.75 Å². The molecule has 0 aliphatic carbocycles. The second-order valence-corrected chi connectivity index (χ2v) is 7.43. The van der Waals surface area contributed by atoms with Gasteiger partial charge in [-0.05, 0) is 66.6 Å². The molecular weight excluding hydrogens is 362 g/mol. The predicted octanol–water partition coefficient (Wildman–Crippen LogP) is 3.41. The Morgan fingerprint density at radius 1 is 1.19 bits per heavy atom. The van der Waals surface area contributed by atoms with E-state index in [1.165, 1.54) is 17.3 Å². The number of thioether (sulfide) groups is 1. The molecule has 0 fully saturated rings. The molecule has 140 valence electrons. The van der Waals surface area contributed by atoms with Crippen LogP contribution in [0.25, 0.3) is 5.69 Å². The van der Waals surface area contributed by atoms with Crippen molar-refractivity contribution >= 4 is 23.4 Å². The summed E-state index contributed by atoms with van der Waals surface area (Å²) in [6.45, 7) is 5.92. The average molecular weight is 383 g/mol. The molecular formula is C19H21N5O2S. The zero-order valence-electron chi connectivity index (χ0n) is 15.6. The smallest absolute Gasteiger partial charge is 0.237 e. The number of benzene rings is 2. The average Bonchev–Trinajstić information content (AvgIpc) is 3.12. The molecule has 0 saturated heterocycles. The van der Waals surface area contributed by atoms with Gasteiger partial charge in [0.2, 0.25) is 11.1 Å². The van der Waals surface area contributed by atoms with E-state index in [1.54, 1.807) is 17.9 Å². The molecule has 1 heterocycles. The topological polar surface area (TPSA) is 81.9 Å². The number of tetrazole rings is 1. The molecule has 1 amide bonds. The molecule has 3 rings (SSSR count). The lowest BCUT2D eigenvalue weighted by molar-refractivity contribution is -0.115. The Labute approximate surface area is 162 Å². The summed E-state index contributed by atoms with van der Waals surface area (Å²) in [7, 11) is 1.59. The normalized spacial score (nSPS) is 11.9. The minimum absolute atomic E-state index is 0.136. The molecule has 0 radical (unpaired) electrons. The van der Waals surface area contributed by atoms with Gasteiger partial charge in [-0.15, -0.1) is 5.10 Å². The molecule has 0 saturated carbocycles. The number of aromatic nitrogens is 4. The highest BCUT2D eigenvalue weighted by atomic mass is 32.2. The van der Waals surface area contributed by atoms with Gasteiger partial charge in [-0.3, -0.25) is 4.79 Å². The van der Waals surface area contributed by atoms with Crippen LogP contribution in [-0.4, -0.2) is 38.5 Å². The second-order valence-electron chi connectivity index (χ2n) is 6.12. The molecule has 7 nitrogen and oxygen atoms in total. The van der Waals surface area contributed by atoms with Gasteiger partial charge in [0, 0.05) is 11.8 Å². The number of aryl methyl sites for hydroxylation is 2. The maximum Gasteiger partial charge on any atom is 0.237 e. The first-order valence-corrected chi connectivity index (χ1v) is 9.33. The highest BCUT2D eigenvalue weighted by molar-refractivity contribution is 8.00. The molecule has 8 heteroatoms. The highest BCUT2D eigenvalue weighted by Crippen LogP contribution is 2.25. The van der Waals surface area contributed by atoms with Gasteiger partial charge in [0.25, 0.3) is 0 Å². The van der Waals surface area contributed by atoms with Gasteiger partial charge in [-0.25, -0.2) is 0 Å². The number of methoxy groups -OCH3 is 1. The van der Waals surface area contributed by atoms with Crippen LogP contribution in [0.4, 0.5) is 5.69 Å². The van der Waals surface area contributed by atoms with E-state index in [0.717, 1.165) is 11.3 Å². The van der Waals surface area contributed by atoms with Gasteiger partial charge >= 0.3 is 0 Å². The van der Waals surface area contributed by atoms with E-state index < -0.39 is 0 Å². The summed E-state index contributed by atoms with van der Waals surface area (Å²) in [5, 5.41) is 15.0. The van der Waals surface area contributed by atoms with Crippen molar-refractivity contribution in [2.75, 3.05) is 12.4 Å². The number of anilines is 1. The van der Waals surface area contributed by atoms with Crippen molar-refractivity contribution in [1.29, 1.82) is 0 Å². The number of carbonyl (C=O) groups is 1. The fourth-order valence-corrected chi connectivity index (χ4v) is 3.24. The van der Waals surface area contributed by atoms with Crippen molar-refractivity contribution in [1.82, 2.24) is 20.2 Å². The molecule has 0 aliphatic rings. The molecule has 1 aromatic heterocycles. The number of nitrogens with zero attached hydrogens (tertiary/aromatic N) is 4.